The molecule has 0 amide bonds. The fourth-order valence-corrected chi connectivity index (χ4v) is 1.82. The van der Waals surface area contributed by atoms with Crippen molar-refractivity contribution in [1.29, 1.82) is 0 Å². The number of hydrogen-bond acceptors (Lipinski definition) is 0. The van der Waals surface area contributed by atoms with Crippen molar-refractivity contribution in [3.05, 3.63) is 103 Å². The van der Waals surface area contributed by atoms with Crippen LogP contribution in [0.4, 0.5) is 0 Å². The average molecular weight is 232 g/mol. The zero-order valence-corrected chi connectivity index (χ0v) is 10.3. The zero-order valence-electron chi connectivity index (χ0n) is 10.3. The van der Waals surface area contributed by atoms with E-state index in [9.17, 15) is 0 Å². The van der Waals surface area contributed by atoms with Gasteiger partial charge >= 0.3 is 0 Å². The molecule has 0 aliphatic heterocycles. The summed E-state index contributed by atoms with van der Waals surface area (Å²) in [5.41, 5.74) is 3.66. The largest absolute Gasteiger partial charge is 0.0991 e. The van der Waals surface area contributed by atoms with Crippen LogP contribution in [0.15, 0.2) is 91.5 Å². The molecular weight excluding hydrogens is 216 g/mol. The number of rotatable bonds is 4. The molecule has 0 atom stereocenters. The Morgan fingerprint density at radius 1 is 0.722 bits per heavy atom. The number of benzene rings is 2. The highest BCUT2D eigenvalue weighted by atomic mass is 14.1. The van der Waals surface area contributed by atoms with Crippen LogP contribution in [0.3, 0.4) is 0 Å². The minimum Gasteiger partial charge on any atom is -0.0991 e. The molecule has 0 aliphatic rings. The molecule has 0 heterocycles. The molecule has 0 nitrogen and oxygen atoms in total. The van der Waals surface area contributed by atoms with Crippen LogP contribution in [-0.4, -0.2) is 0 Å². The molecule has 0 saturated heterocycles. The normalized spacial score (nSPS) is 10.2. The number of allylic oxidation sites excluding steroid dienone is 4. The summed E-state index contributed by atoms with van der Waals surface area (Å²) < 4.78 is 0. The second-order valence-electron chi connectivity index (χ2n) is 3.93. The Labute approximate surface area is 109 Å². The predicted octanol–water partition coefficient (Wildman–Crippen LogP) is 4.86. The summed E-state index contributed by atoms with van der Waals surface area (Å²) in [4.78, 5) is 0. The molecule has 0 saturated carbocycles. The van der Waals surface area contributed by atoms with Crippen molar-refractivity contribution in [2.75, 3.05) is 0 Å². The second kappa shape index (κ2) is 6.41. The third-order valence-electron chi connectivity index (χ3n) is 2.68. The van der Waals surface area contributed by atoms with Crippen LogP contribution in [0.5, 0.6) is 0 Å². The molecule has 2 rings (SSSR count). The maximum atomic E-state index is 3.69. The minimum atomic E-state index is 1.22. The van der Waals surface area contributed by atoms with Gasteiger partial charge in [0.2, 0.25) is 0 Å². The van der Waals surface area contributed by atoms with Gasteiger partial charge < -0.3 is 0 Å². The van der Waals surface area contributed by atoms with E-state index in [-0.39, 0.29) is 0 Å². The Hall–Kier alpha value is -2.34. The lowest BCUT2D eigenvalue weighted by atomic mass is 9.97. The van der Waals surface area contributed by atoms with E-state index in [1.165, 1.54) is 16.7 Å². The maximum absolute atomic E-state index is 3.69. The van der Waals surface area contributed by atoms with E-state index in [1.807, 2.05) is 24.3 Å². The summed E-state index contributed by atoms with van der Waals surface area (Å²) in [6.45, 7) is 3.69. The quantitative estimate of drug-likeness (QED) is 0.660. The summed E-state index contributed by atoms with van der Waals surface area (Å²) in [5.74, 6) is 0. The second-order valence-corrected chi connectivity index (χ2v) is 3.93. The lowest BCUT2D eigenvalue weighted by Gasteiger charge is -2.07. The highest BCUT2D eigenvalue weighted by molar-refractivity contribution is 5.80. The average Bonchev–Trinajstić information content (AvgIpc) is 2.46. The molecule has 0 heteroatoms. The monoisotopic (exact) mass is 232 g/mol. The molecule has 18 heavy (non-hydrogen) atoms. The van der Waals surface area contributed by atoms with E-state index in [0.29, 0.717) is 0 Å². The van der Waals surface area contributed by atoms with Crippen molar-refractivity contribution >= 4 is 5.57 Å². The van der Waals surface area contributed by atoms with Crippen LogP contribution < -0.4 is 0 Å². The van der Waals surface area contributed by atoms with Crippen LogP contribution in [0.1, 0.15) is 11.1 Å². The molecule has 0 N–H and O–H groups in total. The van der Waals surface area contributed by atoms with Crippen molar-refractivity contribution < 1.29 is 0 Å². The van der Waals surface area contributed by atoms with E-state index >= 15 is 0 Å². The molecule has 0 spiro atoms. The summed E-state index contributed by atoms with van der Waals surface area (Å²) in [6, 6.07) is 20.8. The van der Waals surface area contributed by atoms with Crippen LogP contribution in [0.2, 0.25) is 0 Å². The molecule has 0 radical (unpaired) electrons. The van der Waals surface area contributed by atoms with E-state index in [0.717, 1.165) is 0 Å². The van der Waals surface area contributed by atoms with E-state index in [1.54, 1.807) is 6.08 Å². The SMILES string of the molecule is C=CC=CC=C(c1ccccc1)c1ccccc1. The van der Waals surface area contributed by atoms with Gasteiger partial charge in [0.05, 0.1) is 0 Å². The number of hydrogen-bond donors (Lipinski definition) is 0. The zero-order chi connectivity index (χ0) is 12.6. The van der Waals surface area contributed by atoms with Crippen LogP contribution in [-0.2, 0) is 0 Å². The molecule has 0 aromatic heterocycles. The van der Waals surface area contributed by atoms with Crippen molar-refractivity contribution in [3.63, 3.8) is 0 Å². The van der Waals surface area contributed by atoms with Crippen molar-refractivity contribution in [2.45, 2.75) is 0 Å². The summed E-state index contributed by atoms with van der Waals surface area (Å²) in [5, 5.41) is 0. The third-order valence-corrected chi connectivity index (χ3v) is 2.68. The van der Waals surface area contributed by atoms with E-state index < -0.39 is 0 Å². The first-order chi connectivity index (χ1) is 8.92. The molecule has 0 fully saturated rings. The van der Waals surface area contributed by atoms with Gasteiger partial charge in [0.1, 0.15) is 0 Å². The van der Waals surface area contributed by atoms with Gasteiger partial charge in [0.15, 0.2) is 0 Å². The van der Waals surface area contributed by atoms with Gasteiger partial charge in [0, 0.05) is 0 Å². The topological polar surface area (TPSA) is 0 Å². The van der Waals surface area contributed by atoms with Gasteiger partial charge in [-0.25, -0.2) is 0 Å². The highest BCUT2D eigenvalue weighted by Crippen LogP contribution is 2.22. The molecule has 0 bridgehead atoms. The first-order valence-corrected chi connectivity index (χ1v) is 6.02. The Morgan fingerprint density at radius 3 is 1.67 bits per heavy atom. The first-order valence-electron chi connectivity index (χ1n) is 6.02. The van der Waals surface area contributed by atoms with Crippen LogP contribution in [0, 0.1) is 0 Å². The molecule has 2 aromatic carbocycles. The van der Waals surface area contributed by atoms with Gasteiger partial charge in [-0.05, 0) is 16.7 Å². The maximum Gasteiger partial charge on any atom is -0.0111 e. The van der Waals surface area contributed by atoms with E-state index in [2.05, 4.69) is 61.2 Å². The summed E-state index contributed by atoms with van der Waals surface area (Å²) in [6.07, 6.45) is 7.85. The van der Waals surface area contributed by atoms with Crippen molar-refractivity contribution in [2.24, 2.45) is 0 Å². The van der Waals surface area contributed by atoms with Gasteiger partial charge in [-0.2, -0.15) is 0 Å². The standard InChI is InChI=1S/C18H16/c1-2-3-6-15-18(16-11-7-4-8-12-16)17-13-9-5-10-14-17/h2-15H,1H2. The molecular formula is C18H16. The lowest BCUT2D eigenvalue weighted by Crippen LogP contribution is -1.86. The molecule has 0 unspecified atom stereocenters. The summed E-state index contributed by atoms with van der Waals surface area (Å²) in [7, 11) is 0. The Kier molecular flexibility index (Phi) is 4.32. The molecule has 88 valence electrons. The van der Waals surface area contributed by atoms with Crippen LogP contribution in [0.25, 0.3) is 5.57 Å². The van der Waals surface area contributed by atoms with Crippen molar-refractivity contribution in [1.82, 2.24) is 0 Å². The van der Waals surface area contributed by atoms with Gasteiger partial charge in [-0.3, -0.25) is 0 Å². The first kappa shape index (κ1) is 12.1. The predicted molar refractivity (Wildman–Crippen MR) is 79.3 cm³/mol. The van der Waals surface area contributed by atoms with Crippen LogP contribution >= 0.6 is 0 Å². The smallest absolute Gasteiger partial charge is 0.0111 e. The third kappa shape index (κ3) is 3.08. The Bertz CT molecular complexity index is 504. The van der Waals surface area contributed by atoms with Gasteiger partial charge in [-0.1, -0.05) is 91.5 Å². The molecule has 2 aromatic rings. The lowest BCUT2D eigenvalue weighted by molar-refractivity contribution is 1.55. The fourth-order valence-electron chi connectivity index (χ4n) is 1.82. The minimum absolute atomic E-state index is 1.22. The summed E-state index contributed by atoms with van der Waals surface area (Å²) >= 11 is 0. The molecule has 0 aliphatic carbocycles. The Morgan fingerprint density at radius 2 is 1.22 bits per heavy atom. The highest BCUT2D eigenvalue weighted by Gasteiger charge is 2.02. The fraction of sp³-hybridized carbons (Fsp3) is 0. The Balaban J connectivity index is 2.45. The van der Waals surface area contributed by atoms with Gasteiger partial charge in [0.25, 0.3) is 0 Å². The van der Waals surface area contributed by atoms with Gasteiger partial charge in [-0.15, -0.1) is 0 Å². The van der Waals surface area contributed by atoms with E-state index in [4.69, 9.17) is 0 Å². The van der Waals surface area contributed by atoms with Crippen molar-refractivity contribution in [3.8, 4) is 0 Å².